The van der Waals surface area contributed by atoms with Crippen molar-refractivity contribution in [2.24, 2.45) is 0 Å². The Kier molecular flexibility index (Phi) is 5.93. The molecular formula is C19H22ClN4O3+. The lowest BCUT2D eigenvalue weighted by Crippen LogP contribution is -3.19. The number of quaternary nitrogens is 1. The number of nitro benzene ring substituents is 1. The van der Waals surface area contributed by atoms with E-state index in [0.29, 0.717) is 5.02 Å². The second kappa shape index (κ2) is 8.37. The van der Waals surface area contributed by atoms with Gasteiger partial charge in [0, 0.05) is 16.8 Å². The molecule has 2 N–H and O–H groups in total. The molecule has 2 aromatic carbocycles. The molecule has 27 heavy (non-hydrogen) atoms. The van der Waals surface area contributed by atoms with Crippen LogP contribution in [-0.2, 0) is 4.79 Å². The van der Waals surface area contributed by atoms with Gasteiger partial charge in [0.05, 0.1) is 31.1 Å². The number of halogens is 1. The van der Waals surface area contributed by atoms with Gasteiger partial charge in [-0.2, -0.15) is 0 Å². The molecule has 0 spiro atoms. The summed E-state index contributed by atoms with van der Waals surface area (Å²) in [7, 11) is 0. The number of benzene rings is 2. The lowest BCUT2D eigenvalue weighted by molar-refractivity contribution is -0.914. The third kappa shape index (κ3) is 4.56. The summed E-state index contributed by atoms with van der Waals surface area (Å²) in [6.07, 6.45) is 0. The number of amides is 1. The van der Waals surface area contributed by atoms with Gasteiger partial charge in [-0.1, -0.05) is 29.8 Å². The van der Waals surface area contributed by atoms with E-state index in [4.69, 9.17) is 11.6 Å². The first-order valence-corrected chi connectivity index (χ1v) is 9.23. The topological polar surface area (TPSA) is 79.9 Å². The Morgan fingerprint density at radius 2 is 1.93 bits per heavy atom. The monoisotopic (exact) mass is 389 g/mol. The van der Waals surface area contributed by atoms with Crippen molar-refractivity contribution < 1.29 is 14.6 Å². The van der Waals surface area contributed by atoms with Crippen LogP contribution in [0.4, 0.5) is 17.1 Å². The molecule has 142 valence electrons. The Balaban J connectivity index is 1.60. The third-order valence-corrected chi connectivity index (χ3v) is 5.18. The lowest BCUT2D eigenvalue weighted by Gasteiger charge is -2.36. The van der Waals surface area contributed by atoms with E-state index in [1.54, 1.807) is 18.2 Å². The molecule has 8 heteroatoms. The van der Waals surface area contributed by atoms with Crippen LogP contribution in [0.2, 0.25) is 5.02 Å². The summed E-state index contributed by atoms with van der Waals surface area (Å²) in [6.45, 7) is 5.10. The summed E-state index contributed by atoms with van der Waals surface area (Å²) < 4.78 is 0. The molecule has 1 aliphatic heterocycles. The molecule has 3 rings (SSSR count). The molecule has 1 aliphatic rings. The highest BCUT2D eigenvalue weighted by molar-refractivity contribution is 6.30. The molecule has 0 radical (unpaired) electrons. The summed E-state index contributed by atoms with van der Waals surface area (Å²) in [4.78, 5) is 26.6. The zero-order valence-electron chi connectivity index (χ0n) is 15.0. The highest BCUT2D eigenvalue weighted by atomic mass is 35.5. The maximum atomic E-state index is 12.6. The third-order valence-electron chi connectivity index (χ3n) is 4.94. The van der Waals surface area contributed by atoms with Gasteiger partial charge in [0.25, 0.3) is 11.6 Å². The number of nitro groups is 1. The lowest BCUT2D eigenvalue weighted by atomic mass is 10.2. The van der Waals surface area contributed by atoms with Gasteiger partial charge < -0.3 is 15.1 Å². The molecule has 0 saturated carbocycles. The maximum absolute atomic E-state index is 12.6. The number of piperazine rings is 1. The van der Waals surface area contributed by atoms with Gasteiger partial charge in [-0.25, -0.2) is 0 Å². The van der Waals surface area contributed by atoms with Gasteiger partial charge in [0.15, 0.2) is 6.04 Å². The SMILES string of the molecule is C[C@@H](C(=O)Nc1ccccc1[N+](=O)[O-])[NH+]1CCN(c2cccc(Cl)c2)CC1. The van der Waals surface area contributed by atoms with E-state index in [9.17, 15) is 14.9 Å². The molecule has 1 fully saturated rings. The summed E-state index contributed by atoms with van der Waals surface area (Å²) in [5.41, 5.74) is 1.22. The number of hydrogen-bond acceptors (Lipinski definition) is 4. The highest BCUT2D eigenvalue weighted by Crippen LogP contribution is 2.23. The normalized spacial score (nSPS) is 16.0. The molecule has 1 saturated heterocycles. The largest absolute Gasteiger partial charge is 0.360 e. The Bertz CT molecular complexity index is 837. The van der Waals surface area contributed by atoms with Gasteiger partial charge in [-0.05, 0) is 31.2 Å². The van der Waals surface area contributed by atoms with Crippen LogP contribution >= 0.6 is 11.6 Å². The van der Waals surface area contributed by atoms with Gasteiger partial charge in [-0.15, -0.1) is 0 Å². The highest BCUT2D eigenvalue weighted by Gasteiger charge is 2.30. The van der Waals surface area contributed by atoms with Gasteiger partial charge in [0.2, 0.25) is 0 Å². The fourth-order valence-corrected chi connectivity index (χ4v) is 3.51. The van der Waals surface area contributed by atoms with E-state index < -0.39 is 4.92 Å². The summed E-state index contributed by atoms with van der Waals surface area (Å²) >= 11 is 6.06. The van der Waals surface area contributed by atoms with E-state index in [1.165, 1.54) is 6.07 Å². The van der Waals surface area contributed by atoms with Crippen molar-refractivity contribution in [1.29, 1.82) is 0 Å². The average Bonchev–Trinajstić information content (AvgIpc) is 2.67. The maximum Gasteiger partial charge on any atom is 0.292 e. The zero-order chi connectivity index (χ0) is 19.4. The average molecular weight is 390 g/mol. The number of carbonyl (C=O) groups is 1. The van der Waals surface area contributed by atoms with Gasteiger partial charge in [-0.3, -0.25) is 14.9 Å². The summed E-state index contributed by atoms with van der Waals surface area (Å²) in [6, 6.07) is 13.6. The molecule has 2 aromatic rings. The first kappa shape index (κ1) is 19.1. The van der Waals surface area contributed by atoms with E-state index in [2.05, 4.69) is 10.2 Å². The van der Waals surface area contributed by atoms with Crippen molar-refractivity contribution in [3.05, 3.63) is 63.7 Å². The van der Waals surface area contributed by atoms with Crippen LogP contribution in [0.3, 0.4) is 0 Å². The first-order chi connectivity index (χ1) is 13.0. The zero-order valence-corrected chi connectivity index (χ0v) is 15.8. The van der Waals surface area contributed by atoms with Crippen LogP contribution in [0, 0.1) is 10.1 Å². The van der Waals surface area contributed by atoms with Crippen LogP contribution in [0.25, 0.3) is 0 Å². The van der Waals surface area contributed by atoms with Gasteiger partial charge in [0.1, 0.15) is 5.69 Å². The molecule has 1 amide bonds. The van der Waals surface area contributed by atoms with Crippen LogP contribution in [0.15, 0.2) is 48.5 Å². The van der Waals surface area contributed by atoms with E-state index >= 15 is 0 Å². The Morgan fingerprint density at radius 1 is 1.22 bits per heavy atom. The Hall–Kier alpha value is -2.64. The van der Waals surface area contributed by atoms with Crippen molar-refractivity contribution in [2.45, 2.75) is 13.0 Å². The predicted octanol–water partition coefficient (Wildman–Crippen LogP) is 1.98. The van der Waals surface area contributed by atoms with Gasteiger partial charge >= 0.3 is 0 Å². The summed E-state index contributed by atoms with van der Waals surface area (Å²) in [5, 5.41) is 14.5. The Labute approximate surface area is 162 Å². The number of para-hydroxylation sites is 2. The molecule has 0 aliphatic carbocycles. The minimum absolute atomic E-state index is 0.0983. The minimum atomic E-state index is -0.489. The van der Waals surface area contributed by atoms with Crippen molar-refractivity contribution >= 4 is 34.6 Å². The Morgan fingerprint density at radius 3 is 2.59 bits per heavy atom. The van der Waals surface area contributed by atoms with Crippen molar-refractivity contribution in [2.75, 3.05) is 36.4 Å². The molecule has 0 aromatic heterocycles. The van der Waals surface area contributed by atoms with Crippen LogP contribution in [-0.4, -0.2) is 43.1 Å². The van der Waals surface area contributed by atoms with Crippen molar-refractivity contribution in [3.8, 4) is 0 Å². The molecule has 7 nitrogen and oxygen atoms in total. The second-order valence-electron chi connectivity index (χ2n) is 6.61. The quantitative estimate of drug-likeness (QED) is 0.605. The molecular weight excluding hydrogens is 368 g/mol. The number of hydrogen-bond donors (Lipinski definition) is 2. The molecule has 0 unspecified atom stereocenters. The van der Waals surface area contributed by atoms with E-state index in [-0.39, 0.29) is 23.3 Å². The smallest absolute Gasteiger partial charge is 0.292 e. The standard InChI is InChI=1S/C19H21ClN4O3/c1-14(19(25)21-17-7-2-3-8-18(17)24(26)27)22-9-11-23(12-10-22)16-6-4-5-15(20)13-16/h2-8,13-14H,9-12H2,1H3,(H,21,25)/p+1/t14-/m0/s1. The van der Waals surface area contributed by atoms with Crippen LogP contribution in [0.1, 0.15) is 6.92 Å². The fraction of sp³-hybridized carbons (Fsp3) is 0.316. The molecule has 1 atom stereocenters. The number of nitrogens with one attached hydrogen (secondary N) is 2. The van der Waals surface area contributed by atoms with Crippen molar-refractivity contribution in [3.63, 3.8) is 0 Å². The minimum Gasteiger partial charge on any atom is -0.360 e. The predicted molar refractivity (Wildman–Crippen MR) is 106 cm³/mol. The van der Waals surface area contributed by atoms with E-state index in [0.717, 1.165) is 36.8 Å². The second-order valence-corrected chi connectivity index (χ2v) is 7.05. The first-order valence-electron chi connectivity index (χ1n) is 8.85. The fourth-order valence-electron chi connectivity index (χ4n) is 3.32. The van der Waals surface area contributed by atoms with Crippen LogP contribution < -0.4 is 15.1 Å². The number of rotatable bonds is 5. The van der Waals surface area contributed by atoms with Crippen molar-refractivity contribution in [1.82, 2.24) is 0 Å². The molecule has 1 heterocycles. The van der Waals surface area contributed by atoms with Crippen LogP contribution in [0.5, 0.6) is 0 Å². The number of anilines is 2. The number of nitrogens with zero attached hydrogens (tertiary/aromatic N) is 2. The van der Waals surface area contributed by atoms with E-state index in [1.807, 2.05) is 31.2 Å². The molecule has 0 bridgehead atoms. The number of carbonyl (C=O) groups excluding carboxylic acids is 1. The summed E-state index contributed by atoms with van der Waals surface area (Å²) in [5.74, 6) is -0.212.